The number of hydrogen-bond donors (Lipinski definition) is 1. The molecule has 2 aliphatic rings. The first-order chi connectivity index (χ1) is 11.5. The highest BCUT2D eigenvalue weighted by atomic mass is 19.1. The maximum atomic E-state index is 13.2. The van der Waals surface area contributed by atoms with E-state index >= 15 is 0 Å². The summed E-state index contributed by atoms with van der Waals surface area (Å²) in [5, 5.41) is 2.91. The average Bonchev–Trinajstić information content (AvgIpc) is 2.71. The zero-order chi connectivity index (χ0) is 17.2. The first-order valence-corrected chi connectivity index (χ1v) is 8.52. The minimum atomic E-state index is -0.285. The van der Waals surface area contributed by atoms with Crippen molar-refractivity contribution in [2.24, 2.45) is 11.3 Å². The molecule has 0 aromatic heterocycles. The predicted molar refractivity (Wildman–Crippen MR) is 90.1 cm³/mol. The van der Waals surface area contributed by atoms with Gasteiger partial charge in [0.05, 0.1) is 13.2 Å². The van der Waals surface area contributed by atoms with Gasteiger partial charge in [0.25, 0.3) is 0 Å². The maximum absolute atomic E-state index is 13.2. The number of likely N-dealkylation sites (tertiary alicyclic amines) is 1. The van der Waals surface area contributed by atoms with Gasteiger partial charge >= 0.3 is 6.03 Å². The summed E-state index contributed by atoms with van der Waals surface area (Å²) in [6, 6.07) is 6.21. The van der Waals surface area contributed by atoms with Crippen LogP contribution in [0.5, 0.6) is 0 Å². The number of urea groups is 1. The highest BCUT2D eigenvalue weighted by Crippen LogP contribution is 2.37. The summed E-state index contributed by atoms with van der Waals surface area (Å²) in [4.78, 5) is 16.7. The van der Waals surface area contributed by atoms with Crippen LogP contribution in [0.15, 0.2) is 24.3 Å². The molecular weight excluding hydrogens is 309 g/mol. The molecule has 24 heavy (non-hydrogen) atoms. The Kier molecular flexibility index (Phi) is 5.06. The van der Waals surface area contributed by atoms with Crippen molar-refractivity contribution in [3.05, 3.63) is 35.6 Å². The van der Waals surface area contributed by atoms with Crippen molar-refractivity contribution in [3.8, 4) is 0 Å². The molecule has 2 saturated heterocycles. The van der Waals surface area contributed by atoms with Crippen LogP contribution >= 0.6 is 0 Å². The minimum Gasteiger partial charge on any atom is -0.379 e. The highest BCUT2D eigenvalue weighted by Gasteiger charge is 2.46. The number of carbonyl (C=O) groups is 1. The topological polar surface area (TPSA) is 44.8 Å². The first kappa shape index (κ1) is 17.2. The van der Waals surface area contributed by atoms with Gasteiger partial charge in [-0.3, -0.25) is 0 Å². The van der Waals surface area contributed by atoms with Crippen molar-refractivity contribution < 1.29 is 13.9 Å². The molecule has 2 amide bonds. The van der Waals surface area contributed by atoms with Crippen molar-refractivity contribution in [1.82, 2.24) is 15.1 Å². The lowest BCUT2D eigenvalue weighted by molar-refractivity contribution is 0.0531. The highest BCUT2D eigenvalue weighted by molar-refractivity contribution is 5.74. The second kappa shape index (κ2) is 7.07. The van der Waals surface area contributed by atoms with E-state index in [9.17, 15) is 9.18 Å². The van der Waals surface area contributed by atoms with Crippen LogP contribution in [0.25, 0.3) is 0 Å². The molecular formula is C18H26FN3O2. The Morgan fingerprint density at radius 3 is 3.00 bits per heavy atom. The van der Waals surface area contributed by atoms with Crippen molar-refractivity contribution >= 4 is 6.03 Å². The van der Waals surface area contributed by atoms with Gasteiger partial charge in [-0.1, -0.05) is 19.1 Å². The van der Waals surface area contributed by atoms with E-state index in [1.165, 1.54) is 12.1 Å². The molecule has 1 aromatic carbocycles. The Morgan fingerprint density at radius 1 is 1.46 bits per heavy atom. The van der Waals surface area contributed by atoms with Crippen LogP contribution in [0.1, 0.15) is 12.5 Å². The first-order valence-electron chi connectivity index (χ1n) is 8.52. The Labute approximate surface area is 142 Å². The zero-order valence-corrected chi connectivity index (χ0v) is 14.4. The molecule has 1 aromatic rings. The molecule has 0 radical (unpaired) electrons. The smallest absolute Gasteiger partial charge is 0.317 e. The predicted octanol–water partition coefficient (Wildman–Crippen LogP) is 1.94. The average molecular weight is 335 g/mol. The Hall–Kier alpha value is -1.66. The molecule has 1 spiro atoms. The number of halogens is 1. The van der Waals surface area contributed by atoms with Crippen LogP contribution in [0.2, 0.25) is 0 Å². The van der Waals surface area contributed by atoms with Gasteiger partial charge in [0.1, 0.15) is 5.82 Å². The van der Waals surface area contributed by atoms with E-state index < -0.39 is 0 Å². The lowest BCUT2D eigenvalue weighted by Crippen LogP contribution is -2.48. The summed E-state index contributed by atoms with van der Waals surface area (Å²) in [6.45, 7) is 7.10. The van der Waals surface area contributed by atoms with E-state index in [0.29, 0.717) is 38.8 Å². The standard InChI is InChI=1S/C18H26FN3O2/c1-14-10-21(2)11-18(14)12-22(6-7-24-13-18)17(23)20-9-15-4-3-5-16(19)8-15/h3-5,8,14H,6-7,9-13H2,1-2H3,(H,20,23)/t14-,18+/m1/s1. The largest absolute Gasteiger partial charge is 0.379 e. The number of carbonyl (C=O) groups excluding carboxylic acids is 1. The number of hydrogen-bond acceptors (Lipinski definition) is 3. The number of benzene rings is 1. The second-order valence-corrected chi connectivity index (χ2v) is 7.22. The molecule has 6 heteroatoms. The quantitative estimate of drug-likeness (QED) is 0.898. The Bertz CT molecular complexity index is 597. The van der Waals surface area contributed by atoms with E-state index in [2.05, 4.69) is 24.2 Å². The molecule has 132 valence electrons. The maximum Gasteiger partial charge on any atom is 0.317 e. The van der Waals surface area contributed by atoms with Crippen LogP contribution in [0.4, 0.5) is 9.18 Å². The number of nitrogens with zero attached hydrogens (tertiary/aromatic N) is 2. The minimum absolute atomic E-state index is 0.00143. The fraction of sp³-hybridized carbons (Fsp3) is 0.611. The monoisotopic (exact) mass is 335 g/mol. The van der Waals surface area contributed by atoms with Crippen LogP contribution in [-0.2, 0) is 11.3 Å². The van der Waals surface area contributed by atoms with Gasteiger partial charge in [0.15, 0.2) is 0 Å². The van der Waals surface area contributed by atoms with Gasteiger partial charge < -0.3 is 19.9 Å². The molecule has 3 rings (SSSR count). The van der Waals surface area contributed by atoms with E-state index in [1.807, 2.05) is 11.0 Å². The third-order valence-electron chi connectivity index (χ3n) is 5.24. The summed E-state index contributed by atoms with van der Waals surface area (Å²) >= 11 is 0. The van der Waals surface area contributed by atoms with Crippen LogP contribution in [-0.4, -0.2) is 62.3 Å². The van der Waals surface area contributed by atoms with E-state index in [1.54, 1.807) is 6.07 Å². The van der Waals surface area contributed by atoms with Crippen molar-refractivity contribution in [3.63, 3.8) is 0 Å². The molecule has 2 fully saturated rings. The third-order valence-corrected chi connectivity index (χ3v) is 5.24. The lowest BCUT2D eigenvalue weighted by atomic mass is 9.79. The molecule has 2 aliphatic heterocycles. The molecule has 0 unspecified atom stereocenters. The van der Waals surface area contributed by atoms with Crippen LogP contribution < -0.4 is 5.32 Å². The van der Waals surface area contributed by atoms with Crippen LogP contribution in [0, 0.1) is 17.2 Å². The third kappa shape index (κ3) is 3.70. The Balaban J connectivity index is 1.63. The summed E-state index contributed by atoms with van der Waals surface area (Å²) in [5.74, 6) is 0.200. The summed E-state index contributed by atoms with van der Waals surface area (Å²) in [5.41, 5.74) is 0.764. The van der Waals surface area contributed by atoms with Crippen LogP contribution in [0.3, 0.4) is 0 Å². The second-order valence-electron chi connectivity index (χ2n) is 7.22. The SMILES string of the molecule is C[C@@H]1CN(C)C[C@]12COCCN(C(=O)NCc1cccc(F)c1)C2. The molecule has 0 bridgehead atoms. The fourth-order valence-electron chi connectivity index (χ4n) is 3.88. The van der Waals surface area contributed by atoms with Gasteiger partial charge in [0.2, 0.25) is 0 Å². The molecule has 2 heterocycles. The normalized spacial score (nSPS) is 28.1. The number of nitrogens with one attached hydrogen (secondary N) is 1. The molecule has 0 saturated carbocycles. The van der Waals surface area contributed by atoms with E-state index in [0.717, 1.165) is 18.7 Å². The van der Waals surface area contributed by atoms with Gasteiger partial charge in [-0.05, 0) is 30.7 Å². The van der Waals surface area contributed by atoms with Gasteiger partial charge in [-0.25, -0.2) is 9.18 Å². The molecule has 2 atom stereocenters. The molecule has 5 nitrogen and oxygen atoms in total. The van der Waals surface area contributed by atoms with Gasteiger partial charge in [-0.2, -0.15) is 0 Å². The summed E-state index contributed by atoms with van der Waals surface area (Å²) in [6.07, 6.45) is 0. The van der Waals surface area contributed by atoms with Crippen molar-refractivity contribution in [2.75, 3.05) is 46.4 Å². The Morgan fingerprint density at radius 2 is 2.29 bits per heavy atom. The summed E-state index contributed by atoms with van der Waals surface area (Å²) in [7, 11) is 2.12. The fourth-order valence-corrected chi connectivity index (χ4v) is 3.88. The van der Waals surface area contributed by atoms with Gasteiger partial charge in [0, 0.05) is 38.1 Å². The lowest BCUT2D eigenvalue weighted by Gasteiger charge is -2.35. The molecule has 0 aliphatic carbocycles. The van der Waals surface area contributed by atoms with Gasteiger partial charge in [-0.15, -0.1) is 0 Å². The number of amides is 2. The number of ether oxygens (including phenoxy) is 1. The van der Waals surface area contributed by atoms with E-state index in [-0.39, 0.29) is 17.3 Å². The number of rotatable bonds is 2. The van der Waals surface area contributed by atoms with Crippen molar-refractivity contribution in [1.29, 1.82) is 0 Å². The summed E-state index contributed by atoms with van der Waals surface area (Å²) < 4.78 is 19.0. The molecule has 1 N–H and O–H groups in total. The zero-order valence-electron chi connectivity index (χ0n) is 14.4. The van der Waals surface area contributed by atoms with Crippen molar-refractivity contribution in [2.45, 2.75) is 13.5 Å². The van der Waals surface area contributed by atoms with E-state index in [4.69, 9.17) is 4.74 Å².